The van der Waals surface area contributed by atoms with E-state index in [-0.39, 0.29) is 5.69 Å². The molecule has 0 aliphatic carbocycles. The Morgan fingerprint density at radius 3 is 2.75 bits per heavy atom. The van der Waals surface area contributed by atoms with Crippen molar-refractivity contribution >= 4 is 17.7 Å². The number of benzene rings is 1. The van der Waals surface area contributed by atoms with Gasteiger partial charge >= 0.3 is 12.0 Å². The highest BCUT2D eigenvalue weighted by molar-refractivity contribution is 5.91. The summed E-state index contributed by atoms with van der Waals surface area (Å²) in [6.45, 7) is 3.50. The van der Waals surface area contributed by atoms with E-state index in [0.717, 1.165) is 12.1 Å². The number of amides is 2. The molecule has 0 atom stereocenters. The van der Waals surface area contributed by atoms with Crippen LogP contribution in [-0.4, -0.2) is 36.9 Å². The molecule has 0 heterocycles. The number of anilines is 1. The van der Waals surface area contributed by atoms with Crippen LogP contribution in [0.5, 0.6) is 0 Å². The van der Waals surface area contributed by atoms with Crippen LogP contribution in [0.15, 0.2) is 18.2 Å². The Bertz CT molecular complexity index is 479. The molecule has 1 aromatic carbocycles. The normalized spacial score (nSPS) is 10.1. The van der Waals surface area contributed by atoms with Crippen molar-refractivity contribution in [2.75, 3.05) is 25.1 Å². The van der Waals surface area contributed by atoms with E-state index in [2.05, 4.69) is 10.6 Å². The zero-order valence-corrected chi connectivity index (χ0v) is 11.1. The fourth-order valence-electron chi connectivity index (χ4n) is 1.46. The minimum absolute atomic E-state index is 0.190. The summed E-state index contributed by atoms with van der Waals surface area (Å²) >= 11 is 0. The maximum Gasteiger partial charge on any atom is 0.338 e. The molecule has 0 saturated carbocycles. The first-order valence-electron chi connectivity index (χ1n) is 6.20. The fourth-order valence-corrected chi connectivity index (χ4v) is 1.46. The minimum Gasteiger partial charge on any atom is -0.478 e. The zero-order chi connectivity index (χ0) is 15.0. The number of carbonyl (C=O) groups is 2. The number of nitrogens with one attached hydrogen (secondary N) is 2. The molecule has 110 valence electrons. The average molecular weight is 284 g/mol. The largest absolute Gasteiger partial charge is 0.478 e. The van der Waals surface area contributed by atoms with Gasteiger partial charge in [-0.3, -0.25) is 0 Å². The number of carbonyl (C=O) groups excluding carboxylic acids is 1. The molecule has 2 amide bonds. The summed E-state index contributed by atoms with van der Waals surface area (Å²) in [5, 5.41) is 13.7. The van der Waals surface area contributed by atoms with E-state index in [4.69, 9.17) is 9.84 Å². The number of carboxylic acid groups (broad SMARTS) is 1. The quantitative estimate of drug-likeness (QED) is 0.669. The lowest BCUT2D eigenvalue weighted by Crippen LogP contribution is -2.30. The van der Waals surface area contributed by atoms with Crippen LogP contribution in [0.25, 0.3) is 0 Å². The van der Waals surface area contributed by atoms with Gasteiger partial charge in [-0.15, -0.1) is 0 Å². The zero-order valence-electron chi connectivity index (χ0n) is 11.1. The second-order valence-corrected chi connectivity index (χ2v) is 3.93. The summed E-state index contributed by atoms with van der Waals surface area (Å²) in [5.41, 5.74) is -0.248. The van der Waals surface area contributed by atoms with Crippen LogP contribution in [0.3, 0.4) is 0 Å². The Morgan fingerprint density at radius 2 is 2.15 bits per heavy atom. The highest BCUT2D eigenvalue weighted by Gasteiger charge is 2.11. The number of hydrogen-bond donors (Lipinski definition) is 3. The number of carboxylic acids is 1. The van der Waals surface area contributed by atoms with Crippen molar-refractivity contribution in [1.82, 2.24) is 5.32 Å². The monoisotopic (exact) mass is 284 g/mol. The lowest BCUT2D eigenvalue weighted by Gasteiger charge is -2.08. The van der Waals surface area contributed by atoms with Crippen molar-refractivity contribution in [2.45, 2.75) is 13.3 Å². The van der Waals surface area contributed by atoms with E-state index >= 15 is 0 Å². The molecule has 0 fully saturated rings. The van der Waals surface area contributed by atoms with E-state index < -0.39 is 23.4 Å². The highest BCUT2D eigenvalue weighted by Crippen LogP contribution is 2.14. The van der Waals surface area contributed by atoms with E-state index in [1.54, 1.807) is 0 Å². The van der Waals surface area contributed by atoms with Gasteiger partial charge in [-0.2, -0.15) is 0 Å². The first-order chi connectivity index (χ1) is 9.54. The van der Waals surface area contributed by atoms with Crippen LogP contribution in [-0.2, 0) is 4.74 Å². The molecule has 0 saturated heterocycles. The lowest BCUT2D eigenvalue weighted by molar-refractivity contribution is 0.0692. The van der Waals surface area contributed by atoms with Gasteiger partial charge in [-0.05, 0) is 31.5 Å². The molecule has 0 spiro atoms. The maximum atomic E-state index is 13.4. The van der Waals surface area contributed by atoms with Gasteiger partial charge in [0.2, 0.25) is 0 Å². The van der Waals surface area contributed by atoms with Crippen LogP contribution >= 0.6 is 0 Å². The topological polar surface area (TPSA) is 87.7 Å². The first-order valence-corrected chi connectivity index (χ1v) is 6.20. The number of urea groups is 1. The van der Waals surface area contributed by atoms with Crippen LogP contribution in [0.2, 0.25) is 0 Å². The Balaban J connectivity index is 2.42. The van der Waals surface area contributed by atoms with E-state index in [1.165, 1.54) is 6.07 Å². The summed E-state index contributed by atoms with van der Waals surface area (Å²) in [4.78, 5) is 22.1. The Hall–Kier alpha value is -2.15. The van der Waals surface area contributed by atoms with Gasteiger partial charge in [0.1, 0.15) is 5.82 Å². The molecule has 0 radical (unpaired) electrons. The molecule has 0 aliphatic heterocycles. The summed E-state index contributed by atoms with van der Waals surface area (Å²) in [7, 11) is 0. The average Bonchev–Trinajstić information content (AvgIpc) is 2.38. The molecule has 20 heavy (non-hydrogen) atoms. The molecule has 1 rings (SSSR count). The van der Waals surface area contributed by atoms with E-state index in [0.29, 0.717) is 26.2 Å². The van der Waals surface area contributed by atoms with Gasteiger partial charge in [0.15, 0.2) is 0 Å². The van der Waals surface area contributed by atoms with Gasteiger partial charge in [-0.25, -0.2) is 14.0 Å². The third-order valence-corrected chi connectivity index (χ3v) is 2.41. The van der Waals surface area contributed by atoms with Gasteiger partial charge in [-0.1, -0.05) is 0 Å². The smallest absolute Gasteiger partial charge is 0.338 e. The van der Waals surface area contributed by atoms with Crippen molar-refractivity contribution in [3.8, 4) is 0 Å². The number of rotatable bonds is 7. The third-order valence-electron chi connectivity index (χ3n) is 2.41. The van der Waals surface area contributed by atoms with Crippen LogP contribution in [0, 0.1) is 5.82 Å². The predicted octanol–water partition coefficient (Wildman–Crippen LogP) is 2.07. The Morgan fingerprint density at radius 1 is 1.40 bits per heavy atom. The SMILES string of the molecule is CCOCCCNC(=O)Nc1ccc(C(=O)O)c(F)c1. The maximum absolute atomic E-state index is 13.4. The first kappa shape index (κ1) is 15.9. The summed E-state index contributed by atoms with van der Waals surface area (Å²) in [5.74, 6) is -2.25. The summed E-state index contributed by atoms with van der Waals surface area (Å²) in [6, 6.07) is 2.90. The van der Waals surface area contributed by atoms with Gasteiger partial charge in [0.25, 0.3) is 0 Å². The summed E-state index contributed by atoms with van der Waals surface area (Å²) in [6.07, 6.45) is 0.674. The standard InChI is InChI=1S/C13H17FN2O4/c1-2-20-7-3-6-15-13(19)16-9-4-5-10(12(17)18)11(14)8-9/h4-5,8H,2-3,6-7H2,1H3,(H,17,18)(H2,15,16,19). The predicted molar refractivity (Wildman–Crippen MR) is 71.5 cm³/mol. The fraction of sp³-hybridized carbons (Fsp3) is 0.385. The van der Waals surface area contributed by atoms with Gasteiger partial charge in [0, 0.05) is 25.4 Å². The number of hydrogen-bond acceptors (Lipinski definition) is 3. The second-order valence-electron chi connectivity index (χ2n) is 3.93. The number of halogens is 1. The second kappa shape index (κ2) is 8.11. The van der Waals surface area contributed by atoms with Crippen molar-refractivity contribution < 1.29 is 23.8 Å². The van der Waals surface area contributed by atoms with E-state index in [1.807, 2.05) is 6.92 Å². The molecular weight excluding hydrogens is 267 g/mol. The lowest BCUT2D eigenvalue weighted by atomic mass is 10.2. The molecule has 3 N–H and O–H groups in total. The van der Waals surface area contributed by atoms with Crippen LogP contribution < -0.4 is 10.6 Å². The van der Waals surface area contributed by atoms with Crippen LogP contribution in [0.4, 0.5) is 14.9 Å². The molecule has 0 bridgehead atoms. The van der Waals surface area contributed by atoms with E-state index in [9.17, 15) is 14.0 Å². The number of ether oxygens (including phenoxy) is 1. The van der Waals surface area contributed by atoms with Gasteiger partial charge in [0.05, 0.1) is 5.56 Å². The highest BCUT2D eigenvalue weighted by atomic mass is 19.1. The van der Waals surface area contributed by atoms with Gasteiger partial charge < -0.3 is 20.5 Å². The van der Waals surface area contributed by atoms with Crippen LogP contribution in [0.1, 0.15) is 23.7 Å². The number of aromatic carboxylic acids is 1. The van der Waals surface area contributed by atoms with Crippen molar-refractivity contribution in [1.29, 1.82) is 0 Å². The van der Waals surface area contributed by atoms with Crippen molar-refractivity contribution in [2.24, 2.45) is 0 Å². The molecule has 0 aromatic heterocycles. The minimum atomic E-state index is -1.35. The van der Waals surface area contributed by atoms with Crippen molar-refractivity contribution in [3.05, 3.63) is 29.6 Å². The molecule has 0 unspecified atom stereocenters. The molecule has 0 aliphatic rings. The Kier molecular flexibility index (Phi) is 6.45. The Labute approximate surface area is 115 Å². The molecule has 1 aromatic rings. The summed E-state index contributed by atoms with van der Waals surface area (Å²) < 4.78 is 18.5. The molecule has 6 nitrogen and oxygen atoms in total. The third kappa shape index (κ3) is 5.23. The molecule has 7 heteroatoms. The van der Waals surface area contributed by atoms with Crippen molar-refractivity contribution in [3.63, 3.8) is 0 Å². The molecular formula is C13H17FN2O4.